The van der Waals surface area contributed by atoms with Gasteiger partial charge in [-0.25, -0.2) is 4.98 Å². The molecule has 0 radical (unpaired) electrons. The van der Waals surface area contributed by atoms with Crippen molar-refractivity contribution >= 4 is 10.2 Å². The zero-order valence-electron chi connectivity index (χ0n) is 12.6. The zero-order valence-corrected chi connectivity index (χ0v) is 13.4. The van der Waals surface area contributed by atoms with Crippen LogP contribution in [0.3, 0.4) is 0 Å². The summed E-state index contributed by atoms with van der Waals surface area (Å²) in [6.45, 7) is 4.25. The molecule has 2 heterocycles. The Morgan fingerprint density at radius 3 is 2.90 bits per heavy atom. The van der Waals surface area contributed by atoms with E-state index < -0.39 is 10.2 Å². The van der Waals surface area contributed by atoms with Crippen LogP contribution in [0.25, 0.3) is 0 Å². The molecule has 0 aromatic carbocycles. The Hall–Kier alpha value is -1.03. The first-order chi connectivity index (χ1) is 10.0. The van der Waals surface area contributed by atoms with Crippen LogP contribution >= 0.6 is 0 Å². The molecule has 1 fully saturated rings. The Kier molecular flexibility index (Phi) is 5.68. The molecule has 1 aliphatic rings. The first-order valence-corrected chi connectivity index (χ1v) is 8.78. The molecule has 1 aliphatic heterocycles. The molecule has 0 amide bonds. The van der Waals surface area contributed by atoms with Gasteiger partial charge >= 0.3 is 0 Å². The topological polar surface area (TPSA) is 92.2 Å². The summed E-state index contributed by atoms with van der Waals surface area (Å²) in [5.74, 6) is 0.473. The van der Waals surface area contributed by atoms with E-state index in [4.69, 9.17) is 0 Å². The predicted molar refractivity (Wildman–Crippen MR) is 79.7 cm³/mol. The monoisotopic (exact) mass is 316 g/mol. The quantitative estimate of drug-likeness (QED) is 0.715. The Morgan fingerprint density at radius 1 is 1.43 bits per heavy atom. The smallest absolute Gasteiger partial charge is 0.280 e. The molecule has 1 unspecified atom stereocenters. The summed E-state index contributed by atoms with van der Waals surface area (Å²) < 4.78 is 30.7. The van der Waals surface area contributed by atoms with Crippen molar-refractivity contribution in [2.45, 2.75) is 38.8 Å². The summed E-state index contributed by atoms with van der Waals surface area (Å²) in [6, 6.07) is 0.0212. The lowest BCUT2D eigenvalue weighted by Gasteiger charge is -2.34. The van der Waals surface area contributed by atoms with Crippen LogP contribution < -0.4 is 10.0 Å². The second kappa shape index (κ2) is 7.30. The number of aryl methyl sites for hydroxylation is 1. The lowest BCUT2D eigenvalue weighted by molar-refractivity contribution is 0.243. The molecule has 1 aromatic heterocycles. The number of likely N-dealkylation sites (N-methyl/N-ethyl adjacent to an activating group) is 1. The van der Waals surface area contributed by atoms with Crippen LogP contribution in [-0.2, 0) is 23.8 Å². The van der Waals surface area contributed by atoms with Gasteiger partial charge in [-0.1, -0.05) is 13.3 Å². The summed E-state index contributed by atoms with van der Waals surface area (Å²) >= 11 is 0. The van der Waals surface area contributed by atoms with Gasteiger partial charge in [0.25, 0.3) is 10.2 Å². The Bertz CT molecular complexity index is 544. The van der Waals surface area contributed by atoms with E-state index in [-0.39, 0.29) is 12.6 Å². The molecule has 0 spiro atoms. The summed E-state index contributed by atoms with van der Waals surface area (Å²) in [5.41, 5.74) is 0. The van der Waals surface area contributed by atoms with Gasteiger partial charge in [-0.05, 0) is 19.4 Å². The minimum Gasteiger partial charge on any atom is -0.315 e. The summed E-state index contributed by atoms with van der Waals surface area (Å²) in [4.78, 5) is 4.03. The number of rotatable bonds is 7. The van der Waals surface area contributed by atoms with Gasteiger partial charge in [-0.3, -0.25) is 4.68 Å². The van der Waals surface area contributed by atoms with Gasteiger partial charge in [0.05, 0.1) is 6.54 Å². The van der Waals surface area contributed by atoms with E-state index in [2.05, 4.69) is 20.1 Å². The molecule has 0 saturated carbocycles. The summed E-state index contributed by atoms with van der Waals surface area (Å²) in [5, 5.41) is 7.31. The third-order valence-electron chi connectivity index (χ3n) is 3.57. The van der Waals surface area contributed by atoms with Crippen molar-refractivity contribution in [2.24, 2.45) is 7.05 Å². The highest BCUT2D eigenvalue weighted by molar-refractivity contribution is 7.87. The Morgan fingerprint density at radius 2 is 2.24 bits per heavy atom. The average Bonchev–Trinajstić information content (AvgIpc) is 2.89. The van der Waals surface area contributed by atoms with Crippen LogP contribution in [0.5, 0.6) is 0 Å². The normalized spacial score (nSPS) is 20.8. The molecule has 2 N–H and O–H groups in total. The minimum atomic E-state index is -3.50. The number of nitrogens with zero attached hydrogens (tertiary/aromatic N) is 4. The fourth-order valence-corrected chi connectivity index (χ4v) is 3.93. The summed E-state index contributed by atoms with van der Waals surface area (Å²) in [7, 11) is -1.75. The molecule has 0 aliphatic carbocycles. The molecular formula is C12H24N6O2S. The molecule has 1 atom stereocenters. The number of hydrogen-bond donors (Lipinski definition) is 2. The Labute approximate surface area is 126 Å². The Balaban J connectivity index is 1.98. The van der Waals surface area contributed by atoms with Gasteiger partial charge < -0.3 is 5.32 Å². The molecule has 2 rings (SSSR count). The van der Waals surface area contributed by atoms with Crippen molar-refractivity contribution in [3.8, 4) is 0 Å². The highest BCUT2D eigenvalue weighted by Crippen LogP contribution is 2.19. The average molecular weight is 316 g/mol. The minimum absolute atomic E-state index is 0.0212. The van der Waals surface area contributed by atoms with E-state index in [1.54, 1.807) is 22.4 Å². The first kappa shape index (κ1) is 16.3. The fraction of sp³-hybridized carbons (Fsp3) is 0.833. The molecule has 1 saturated heterocycles. The van der Waals surface area contributed by atoms with E-state index in [1.165, 1.54) is 0 Å². The van der Waals surface area contributed by atoms with Crippen molar-refractivity contribution < 1.29 is 8.42 Å². The third-order valence-corrected chi connectivity index (χ3v) is 5.18. The molecule has 8 nitrogen and oxygen atoms in total. The maximum absolute atomic E-state index is 12.5. The van der Waals surface area contributed by atoms with Gasteiger partial charge in [0.1, 0.15) is 6.33 Å². The highest BCUT2D eigenvalue weighted by Gasteiger charge is 2.31. The third kappa shape index (κ3) is 4.47. The molecule has 9 heteroatoms. The van der Waals surface area contributed by atoms with E-state index >= 15 is 0 Å². The van der Waals surface area contributed by atoms with Crippen LogP contribution in [-0.4, -0.2) is 53.2 Å². The van der Waals surface area contributed by atoms with E-state index in [9.17, 15) is 8.42 Å². The van der Waals surface area contributed by atoms with Crippen LogP contribution in [0.1, 0.15) is 32.0 Å². The molecule has 120 valence electrons. The number of hydrogen-bond acceptors (Lipinski definition) is 5. The van der Waals surface area contributed by atoms with Gasteiger partial charge in [0.15, 0.2) is 5.82 Å². The van der Waals surface area contributed by atoms with Crippen molar-refractivity contribution in [3.63, 3.8) is 0 Å². The standard InChI is InChI=1S/C12H24N6O2S/c1-3-13-8-11-6-4-5-7-18(11)21(19,20)15-9-12-14-10-17(2)16-12/h10-11,13,15H,3-9H2,1-2H3. The van der Waals surface area contributed by atoms with Crippen molar-refractivity contribution in [3.05, 3.63) is 12.2 Å². The maximum atomic E-state index is 12.5. The predicted octanol–water partition coefficient (Wildman–Crippen LogP) is -0.386. The van der Waals surface area contributed by atoms with Crippen LogP contribution in [0.2, 0.25) is 0 Å². The highest BCUT2D eigenvalue weighted by atomic mass is 32.2. The van der Waals surface area contributed by atoms with Gasteiger partial charge in [0, 0.05) is 26.2 Å². The van der Waals surface area contributed by atoms with E-state index in [1.807, 2.05) is 6.92 Å². The van der Waals surface area contributed by atoms with Gasteiger partial charge in [-0.15, -0.1) is 0 Å². The van der Waals surface area contributed by atoms with Crippen LogP contribution in [0.15, 0.2) is 6.33 Å². The number of nitrogens with one attached hydrogen (secondary N) is 2. The molecule has 1 aromatic rings. The number of piperidine rings is 1. The van der Waals surface area contributed by atoms with Gasteiger partial charge in [0.2, 0.25) is 0 Å². The maximum Gasteiger partial charge on any atom is 0.280 e. The van der Waals surface area contributed by atoms with Crippen molar-refractivity contribution in [1.29, 1.82) is 0 Å². The van der Waals surface area contributed by atoms with Crippen LogP contribution in [0.4, 0.5) is 0 Å². The number of aromatic nitrogens is 3. The lowest BCUT2D eigenvalue weighted by Crippen LogP contribution is -2.52. The second-order valence-electron chi connectivity index (χ2n) is 5.23. The second-order valence-corrected chi connectivity index (χ2v) is 6.94. The van der Waals surface area contributed by atoms with Crippen molar-refractivity contribution in [2.75, 3.05) is 19.6 Å². The fourth-order valence-electron chi connectivity index (χ4n) is 2.51. The van der Waals surface area contributed by atoms with Gasteiger partial charge in [-0.2, -0.15) is 22.5 Å². The first-order valence-electron chi connectivity index (χ1n) is 7.34. The van der Waals surface area contributed by atoms with Crippen LogP contribution in [0, 0.1) is 0 Å². The van der Waals surface area contributed by atoms with Crippen molar-refractivity contribution in [1.82, 2.24) is 29.1 Å². The molecule has 0 bridgehead atoms. The van der Waals surface area contributed by atoms with E-state index in [0.29, 0.717) is 18.9 Å². The summed E-state index contributed by atoms with van der Waals surface area (Å²) in [6.07, 6.45) is 4.43. The lowest BCUT2D eigenvalue weighted by atomic mass is 10.1. The largest absolute Gasteiger partial charge is 0.315 e. The molecular weight excluding hydrogens is 292 g/mol. The SMILES string of the molecule is CCNCC1CCCCN1S(=O)(=O)NCc1ncn(C)n1. The zero-order chi connectivity index (χ0) is 15.3. The molecule has 21 heavy (non-hydrogen) atoms. The van der Waals surface area contributed by atoms with E-state index in [0.717, 1.165) is 25.8 Å².